The Kier molecular flexibility index (Phi) is 6.16. The molecule has 0 heterocycles. The Bertz CT molecular complexity index is 514. The zero-order chi connectivity index (χ0) is 12.1. The summed E-state index contributed by atoms with van der Waals surface area (Å²) < 4.78 is 5.70. The van der Waals surface area contributed by atoms with Gasteiger partial charge in [-0.15, -0.1) is 0 Å². The van der Waals surface area contributed by atoms with Gasteiger partial charge in [0.15, 0.2) is 0 Å². The molecule has 0 radical (unpaired) electrons. The normalized spacial score (nSPS) is 10.1. The first-order valence-electron chi connectivity index (χ1n) is 5.27. The first-order valence-corrected chi connectivity index (χ1v) is 6.24. The van der Waals surface area contributed by atoms with Crippen LogP contribution in [0.3, 0.4) is 0 Å². The fraction of sp³-hybridized carbons (Fsp3) is 0.0714. The average molecular weight is 250 g/mol. The summed E-state index contributed by atoms with van der Waals surface area (Å²) >= 11 is 0. The third-order valence-corrected chi connectivity index (χ3v) is 3.22. The molecule has 2 aromatic rings. The quantitative estimate of drug-likeness (QED) is 0.450. The standard InChI is InChI=1S/C14H12O2P.Li/c1-11-9-13(7-8-14(11)17-10-15)16-12-5-3-2-4-6-12;/h2-10H,1H3;/q-1;+1. The smallest absolute Gasteiger partial charge is 0.457 e. The van der Waals surface area contributed by atoms with Crippen molar-refractivity contribution in [2.75, 3.05) is 0 Å². The fourth-order valence-electron chi connectivity index (χ4n) is 1.52. The minimum Gasteiger partial charge on any atom is -0.457 e. The van der Waals surface area contributed by atoms with E-state index in [-0.39, 0.29) is 18.9 Å². The molecule has 0 amide bonds. The van der Waals surface area contributed by atoms with Crippen molar-refractivity contribution in [3.8, 4) is 11.5 Å². The van der Waals surface area contributed by atoms with Crippen LogP contribution in [0.2, 0.25) is 0 Å². The molecule has 0 unspecified atom stereocenters. The second kappa shape index (κ2) is 7.39. The summed E-state index contributed by atoms with van der Waals surface area (Å²) in [6.45, 7) is 1.98. The van der Waals surface area contributed by atoms with Crippen LogP contribution < -0.4 is 28.9 Å². The molecule has 0 spiro atoms. The minimum atomic E-state index is 0. The summed E-state index contributed by atoms with van der Waals surface area (Å²) in [7, 11) is 0.697. The monoisotopic (exact) mass is 250 g/mol. The number of benzene rings is 2. The Labute approximate surface area is 121 Å². The molecule has 0 saturated heterocycles. The summed E-state index contributed by atoms with van der Waals surface area (Å²) in [6.07, 6.45) is 0. The van der Waals surface area contributed by atoms with E-state index in [0.29, 0.717) is 8.58 Å². The first kappa shape index (κ1) is 15.0. The van der Waals surface area contributed by atoms with Gasteiger partial charge in [0.05, 0.1) is 0 Å². The van der Waals surface area contributed by atoms with Crippen LogP contribution in [0.15, 0.2) is 48.5 Å². The number of ether oxygens (including phenoxy) is 1. The van der Waals surface area contributed by atoms with Gasteiger partial charge in [-0.05, 0) is 37.2 Å². The maximum absolute atomic E-state index is 10.5. The molecule has 0 saturated carbocycles. The van der Waals surface area contributed by atoms with Crippen LogP contribution in [0, 0.1) is 6.92 Å². The van der Waals surface area contributed by atoms with Crippen molar-refractivity contribution < 1.29 is 28.4 Å². The first-order chi connectivity index (χ1) is 8.29. The summed E-state index contributed by atoms with van der Waals surface area (Å²) in [5.41, 5.74) is 1.06. The van der Waals surface area contributed by atoms with E-state index in [4.69, 9.17) is 4.74 Å². The van der Waals surface area contributed by atoms with Gasteiger partial charge in [0, 0.05) is 0 Å². The Morgan fingerprint density at radius 1 is 1.06 bits per heavy atom. The van der Waals surface area contributed by atoms with E-state index >= 15 is 0 Å². The van der Waals surface area contributed by atoms with Gasteiger partial charge in [-0.1, -0.05) is 29.8 Å². The SMILES string of the molecule is Cc1cc(Oc2ccccc2)ccc1[P-]C=O.[Li+]. The maximum atomic E-state index is 10.5. The number of hydrogen-bond acceptors (Lipinski definition) is 2. The van der Waals surface area contributed by atoms with E-state index in [0.717, 1.165) is 28.4 Å². The van der Waals surface area contributed by atoms with Crippen LogP contribution in [-0.4, -0.2) is 6.03 Å². The Morgan fingerprint density at radius 2 is 1.78 bits per heavy atom. The van der Waals surface area contributed by atoms with Crippen molar-refractivity contribution >= 4 is 19.9 Å². The van der Waals surface area contributed by atoms with Gasteiger partial charge in [0.2, 0.25) is 0 Å². The van der Waals surface area contributed by atoms with Crippen LogP contribution in [0.1, 0.15) is 5.56 Å². The van der Waals surface area contributed by atoms with E-state index in [2.05, 4.69) is 0 Å². The fourth-order valence-corrected chi connectivity index (χ4v) is 2.06. The molecule has 2 rings (SSSR count). The van der Waals surface area contributed by atoms with Crippen molar-refractivity contribution in [3.63, 3.8) is 0 Å². The van der Waals surface area contributed by atoms with Crippen molar-refractivity contribution in [2.45, 2.75) is 6.92 Å². The van der Waals surface area contributed by atoms with E-state index in [1.165, 1.54) is 0 Å². The Hall–Kier alpha value is -1.06. The molecule has 0 fully saturated rings. The maximum Gasteiger partial charge on any atom is 1.00 e. The van der Waals surface area contributed by atoms with Crippen LogP contribution in [-0.2, 0) is 4.79 Å². The van der Waals surface area contributed by atoms with Crippen LogP contribution >= 0.6 is 8.58 Å². The van der Waals surface area contributed by atoms with E-state index < -0.39 is 0 Å². The van der Waals surface area contributed by atoms with Crippen molar-refractivity contribution in [2.24, 2.45) is 0 Å². The zero-order valence-corrected chi connectivity index (χ0v) is 11.4. The van der Waals surface area contributed by atoms with Gasteiger partial charge in [-0.3, -0.25) is 0 Å². The Balaban J connectivity index is 0.00000162. The van der Waals surface area contributed by atoms with Gasteiger partial charge in [0.25, 0.3) is 0 Å². The second-order valence-corrected chi connectivity index (χ2v) is 4.55. The molecule has 0 atom stereocenters. The van der Waals surface area contributed by atoms with Crippen LogP contribution in [0.5, 0.6) is 11.5 Å². The number of hydrogen-bond donors (Lipinski definition) is 0. The second-order valence-electron chi connectivity index (χ2n) is 3.60. The molecule has 0 bridgehead atoms. The Morgan fingerprint density at radius 3 is 2.39 bits per heavy atom. The molecule has 0 aliphatic rings. The van der Waals surface area contributed by atoms with Crippen molar-refractivity contribution in [1.82, 2.24) is 0 Å². The molecule has 0 aliphatic heterocycles. The largest absolute Gasteiger partial charge is 1.00 e. The molecular weight excluding hydrogens is 238 g/mol. The third-order valence-electron chi connectivity index (χ3n) is 2.34. The summed E-state index contributed by atoms with van der Waals surface area (Å²) in [6, 6.07) is 16.3. The van der Waals surface area contributed by atoms with Gasteiger partial charge < -0.3 is 18.1 Å². The molecule has 2 aromatic carbocycles. The molecule has 86 valence electrons. The predicted octanol–water partition coefficient (Wildman–Crippen LogP) is 0.553. The van der Waals surface area contributed by atoms with Crippen LogP contribution in [0.4, 0.5) is 0 Å². The summed E-state index contributed by atoms with van der Waals surface area (Å²) in [4.78, 5) is 10.5. The van der Waals surface area contributed by atoms with Crippen molar-refractivity contribution in [3.05, 3.63) is 54.1 Å². The number of carbonyl (C=O) groups excluding carboxylic acids is 1. The summed E-state index contributed by atoms with van der Waals surface area (Å²) in [5, 5.41) is 1.01. The molecule has 0 aliphatic carbocycles. The van der Waals surface area contributed by atoms with E-state index in [9.17, 15) is 4.79 Å². The van der Waals surface area contributed by atoms with Gasteiger partial charge in [-0.25, -0.2) is 0 Å². The molecule has 2 nitrogen and oxygen atoms in total. The van der Waals surface area contributed by atoms with Crippen molar-refractivity contribution in [1.29, 1.82) is 0 Å². The molecule has 4 heteroatoms. The van der Waals surface area contributed by atoms with E-state index in [1.807, 2.05) is 55.5 Å². The number of aryl methyl sites for hydroxylation is 1. The minimum absolute atomic E-state index is 0. The number of para-hydroxylation sites is 1. The molecule has 18 heavy (non-hydrogen) atoms. The average Bonchev–Trinajstić information content (AvgIpc) is 2.34. The van der Waals surface area contributed by atoms with Gasteiger partial charge >= 0.3 is 18.9 Å². The third kappa shape index (κ3) is 4.00. The van der Waals surface area contributed by atoms with Gasteiger partial charge in [-0.2, -0.15) is 5.30 Å². The predicted molar refractivity (Wildman–Crippen MR) is 71.0 cm³/mol. The van der Waals surface area contributed by atoms with Crippen LogP contribution in [0.25, 0.3) is 0 Å². The topological polar surface area (TPSA) is 26.3 Å². The molecular formula is C14H12LiO2P. The molecule has 0 aromatic heterocycles. The number of carbonyl (C=O) groups is 1. The zero-order valence-electron chi connectivity index (χ0n) is 10.5. The van der Waals surface area contributed by atoms with Gasteiger partial charge in [0.1, 0.15) is 11.5 Å². The summed E-state index contributed by atoms with van der Waals surface area (Å²) in [5.74, 6) is 1.60. The number of rotatable bonds is 4. The van der Waals surface area contributed by atoms with E-state index in [1.54, 1.807) is 0 Å². The molecule has 0 N–H and O–H groups in total.